The van der Waals surface area contributed by atoms with Crippen molar-refractivity contribution in [2.24, 2.45) is 0 Å². The first-order valence-electron chi connectivity index (χ1n) is 5.84. The van der Waals surface area contributed by atoms with Gasteiger partial charge in [0, 0.05) is 7.05 Å². The van der Waals surface area contributed by atoms with Gasteiger partial charge in [0.05, 0.1) is 18.2 Å². The molecule has 1 aromatic carbocycles. The topological polar surface area (TPSA) is 72.9 Å². The van der Waals surface area contributed by atoms with Crippen LogP contribution in [0.25, 0.3) is 6.08 Å². The second kappa shape index (κ2) is 6.73. The Bertz CT molecular complexity index is 775. The summed E-state index contributed by atoms with van der Waals surface area (Å²) in [6.07, 6.45) is 0.503. The van der Waals surface area contributed by atoms with Gasteiger partial charge in [-0.2, -0.15) is 21.6 Å². The first-order chi connectivity index (χ1) is 10.9. The van der Waals surface area contributed by atoms with Gasteiger partial charge in [-0.15, -0.1) is 0 Å². The van der Waals surface area contributed by atoms with Crippen molar-refractivity contribution in [2.45, 2.75) is 5.51 Å². The molecule has 0 aliphatic rings. The fourth-order valence-corrected chi connectivity index (χ4v) is 1.94. The van der Waals surface area contributed by atoms with Crippen LogP contribution in [0.15, 0.2) is 12.6 Å². The van der Waals surface area contributed by atoms with E-state index in [9.17, 15) is 35.2 Å². The third-order valence-electron chi connectivity index (χ3n) is 2.68. The number of halogens is 5. The Kier molecular flexibility index (Phi) is 5.56. The van der Waals surface area contributed by atoms with E-state index in [1.807, 2.05) is 0 Å². The summed E-state index contributed by atoms with van der Waals surface area (Å²) in [5.41, 5.74) is -7.86. The highest BCUT2D eigenvalue weighted by molar-refractivity contribution is 7.88. The van der Waals surface area contributed by atoms with Crippen LogP contribution in [-0.4, -0.2) is 39.1 Å². The molecule has 0 saturated carbocycles. The van der Waals surface area contributed by atoms with Gasteiger partial charge in [0.15, 0.2) is 11.6 Å². The molecule has 0 saturated heterocycles. The molecule has 0 atom stereocenters. The summed E-state index contributed by atoms with van der Waals surface area (Å²) in [6.45, 7) is 3.03. The SMILES string of the molecule is C=Cc1c(F)c(C(=O)N(C)OC)cc(F)c1OS(=O)(=O)C(F)(F)F. The van der Waals surface area contributed by atoms with Crippen LogP contribution in [0.3, 0.4) is 0 Å². The van der Waals surface area contributed by atoms with Gasteiger partial charge in [-0.05, 0) is 6.07 Å². The molecule has 0 aliphatic carbocycles. The first kappa shape index (κ1) is 19.8. The predicted molar refractivity (Wildman–Crippen MR) is 71.2 cm³/mol. The Hall–Kier alpha value is -2.21. The average molecular weight is 375 g/mol. The average Bonchev–Trinajstić information content (AvgIpc) is 2.48. The van der Waals surface area contributed by atoms with Gasteiger partial charge in [-0.25, -0.2) is 13.8 Å². The van der Waals surface area contributed by atoms with Gasteiger partial charge in [0.25, 0.3) is 5.91 Å². The molecule has 0 aliphatic heterocycles. The summed E-state index contributed by atoms with van der Waals surface area (Å²) in [5, 5.41) is 0.512. The molecular weight excluding hydrogens is 365 g/mol. The maximum absolute atomic E-state index is 14.2. The lowest BCUT2D eigenvalue weighted by atomic mass is 10.1. The van der Waals surface area contributed by atoms with Crippen molar-refractivity contribution in [3.05, 3.63) is 35.4 Å². The van der Waals surface area contributed by atoms with E-state index in [-0.39, 0.29) is 6.07 Å². The summed E-state index contributed by atoms with van der Waals surface area (Å²) in [7, 11) is -4.14. The quantitative estimate of drug-likeness (QED) is 0.342. The standard InChI is InChI=1S/C12H10F5NO5S/c1-4-6-9(14)7(11(19)18(2)22-3)5-8(13)10(6)23-24(20,21)12(15,16)17/h4-5H,1H2,2-3H3. The van der Waals surface area contributed by atoms with Gasteiger partial charge in [-0.1, -0.05) is 12.7 Å². The first-order valence-corrected chi connectivity index (χ1v) is 7.25. The summed E-state index contributed by atoms with van der Waals surface area (Å²) in [5.74, 6) is -6.00. The second-order valence-electron chi connectivity index (χ2n) is 4.14. The minimum absolute atomic E-state index is 0.182. The molecule has 134 valence electrons. The summed E-state index contributed by atoms with van der Waals surface area (Å²) in [6, 6.07) is 0.182. The zero-order chi connectivity index (χ0) is 18.9. The molecule has 0 spiro atoms. The molecule has 0 heterocycles. The lowest BCUT2D eigenvalue weighted by molar-refractivity contribution is -0.0759. The van der Waals surface area contributed by atoms with Crippen molar-refractivity contribution in [1.29, 1.82) is 0 Å². The maximum Gasteiger partial charge on any atom is 0.534 e. The largest absolute Gasteiger partial charge is 0.534 e. The number of rotatable bonds is 5. The van der Waals surface area contributed by atoms with E-state index in [1.54, 1.807) is 0 Å². The van der Waals surface area contributed by atoms with Gasteiger partial charge >= 0.3 is 15.6 Å². The van der Waals surface area contributed by atoms with Crippen molar-refractivity contribution >= 4 is 22.1 Å². The van der Waals surface area contributed by atoms with Crippen molar-refractivity contribution in [3.8, 4) is 5.75 Å². The molecule has 0 N–H and O–H groups in total. The Morgan fingerprint density at radius 1 is 1.33 bits per heavy atom. The van der Waals surface area contributed by atoms with E-state index >= 15 is 0 Å². The third-order valence-corrected chi connectivity index (χ3v) is 3.63. The smallest absolute Gasteiger partial charge is 0.372 e. The third kappa shape index (κ3) is 3.64. The summed E-state index contributed by atoms with van der Waals surface area (Å²) >= 11 is 0. The van der Waals surface area contributed by atoms with Gasteiger partial charge in [-0.3, -0.25) is 9.63 Å². The Balaban J connectivity index is 3.55. The zero-order valence-corrected chi connectivity index (χ0v) is 13.0. The van der Waals surface area contributed by atoms with E-state index in [4.69, 9.17) is 0 Å². The van der Waals surface area contributed by atoms with E-state index in [0.717, 1.165) is 14.2 Å². The monoisotopic (exact) mass is 375 g/mol. The van der Waals surface area contributed by atoms with Crippen LogP contribution in [0, 0.1) is 11.6 Å². The molecule has 0 radical (unpaired) electrons. The minimum Gasteiger partial charge on any atom is -0.372 e. The zero-order valence-electron chi connectivity index (χ0n) is 12.1. The van der Waals surface area contributed by atoms with Gasteiger partial charge in [0.1, 0.15) is 5.82 Å². The molecule has 12 heteroatoms. The number of alkyl halides is 3. The van der Waals surface area contributed by atoms with Gasteiger partial charge < -0.3 is 4.18 Å². The van der Waals surface area contributed by atoms with Crippen LogP contribution in [0.2, 0.25) is 0 Å². The molecule has 24 heavy (non-hydrogen) atoms. The second-order valence-corrected chi connectivity index (χ2v) is 5.67. The fourth-order valence-electron chi connectivity index (χ4n) is 1.46. The number of carbonyl (C=O) groups excluding carboxylic acids is 1. The highest BCUT2D eigenvalue weighted by atomic mass is 32.2. The number of hydrogen-bond acceptors (Lipinski definition) is 5. The molecule has 1 amide bonds. The van der Waals surface area contributed by atoms with Crippen LogP contribution in [0.1, 0.15) is 15.9 Å². The molecule has 0 bridgehead atoms. The van der Waals surface area contributed by atoms with Crippen LogP contribution in [0.4, 0.5) is 22.0 Å². The van der Waals surface area contributed by atoms with Crippen molar-refractivity contribution in [1.82, 2.24) is 5.06 Å². The summed E-state index contributed by atoms with van der Waals surface area (Å²) < 4.78 is 90.7. The van der Waals surface area contributed by atoms with E-state index in [2.05, 4.69) is 15.6 Å². The van der Waals surface area contributed by atoms with E-state index in [1.165, 1.54) is 0 Å². The Labute approximate surface area is 133 Å². The Morgan fingerprint density at radius 2 is 1.88 bits per heavy atom. The van der Waals surface area contributed by atoms with E-state index < -0.39 is 50.0 Å². The lowest BCUT2D eigenvalue weighted by Gasteiger charge is -2.17. The highest BCUT2D eigenvalue weighted by Crippen LogP contribution is 2.34. The maximum atomic E-state index is 14.2. The number of carbonyl (C=O) groups is 1. The Morgan fingerprint density at radius 3 is 2.29 bits per heavy atom. The van der Waals surface area contributed by atoms with Crippen LogP contribution >= 0.6 is 0 Å². The van der Waals surface area contributed by atoms with Crippen molar-refractivity contribution < 1.29 is 44.2 Å². The van der Waals surface area contributed by atoms with Gasteiger partial charge in [0.2, 0.25) is 0 Å². The minimum atomic E-state index is -6.25. The lowest BCUT2D eigenvalue weighted by Crippen LogP contribution is -2.29. The number of benzene rings is 1. The number of hydroxylamine groups is 2. The van der Waals surface area contributed by atoms with Crippen LogP contribution in [-0.2, 0) is 15.0 Å². The molecule has 0 aromatic heterocycles. The number of nitrogens with zero attached hydrogens (tertiary/aromatic N) is 1. The molecule has 0 unspecified atom stereocenters. The normalized spacial score (nSPS) is 12.0. The molecular formula is C12H10F5NO5S. The van der Waals surface area contributed by atoms with E-state index in [0.29, 0.717) is 11.1 Å². The predicted octanol–water partition coefficient (Wildman–Crippen LogP) is 2.47. The summed E-state index contributed by atoms with van der Waals surface area (Å²) in [4.78, 5) is 16.3. The molecule has 1 rings (SSSR count). The molecule has 6 nitrogen and oxygen atoms in total. The van der Waals surface area contributed by atoms with Crippen LogP contribution in [0.5, 0.6) is 5.75 Å². The highest BCUT2D eigenvalue weighted by Gasteiger charge is 2.49. The van der Waals surface area contributed by atoms with Crippen LogP contribution < -0.4 is 4.18 Å². The molecule has 0 fully saturated rings. The number of amides is 1. The fraction of sp³-hybridized carbons (Fsp3) is 0.250. The number of hydrogen-bond donors (Lipinski definition) is 0. The van der Waals surface area contributed by atoms with Crippen molar-refractivity contribution in [3.63, 3.8) is 0 Å². The van der Waals surface area contributed by atoms with Crippen molar-refractivity contribution in [2.75, 3.05) is 14.2 Å². The molecule has 1 aromatic rings.